The van der Waals surface area contributed by atoms with Gasteiger partial charge in [0.25, 0.3) is 0 Å². The van der Waals surface area contributed by atoms with Crippen LogP contribution in [0, 0.1) is 5.92 Å². The highest BCUT2D eigenvalue weighted by molar-refractivity contribution is 5.96. The maximum atomic E-state index is 12.2. The smallest absolute Gasteiger partial charge is 0.227 e. The van der Waals surface area contributed by atoms with Crippen molar-refractivity contribution in [2.24, 2.45) is 5.92 Å². The number of hydrogen-bond acceptors (Lipinski definition) is 2. The molecule has 1 fully saturated rings. The molecular formula is C15H20N2O. The van der Waals surface area contributed by atoms with Crippen LogP contribution in [0.5, 0.6) is 0 Å². The summed E-state index contributed by atoms with van der Waals surface area (Å²) in [5.41, 5.74) is 3.42. The van der Waals surface area contributed by atoms with Gasteiger partial charge >= 0.3 is 0 Å². The van der Waals surface area contributed by atoms with E-state index in [4.69, 9.17) is 0 Å². The van der Waals surface area contributed by atoms with E-state index in [-0.39, 0.29) is 11.8 Å². The molecule has 0 saturated heterocycles. The molecule has 0 radical (unpaired) electrons. The van der Waals surface area contributed by atoms with Crippen molar-refractivity contribution in [3.8, 4) is 0 Å². The summed E-state index contributed by atoms with van der Waals surface area (Å²) in [7, 11) is 0. The van der Waals surface area contributed by atoms with Gasteiger partial charge in [-0.2, -0.15) is 0 Å². The zero-order valence-electron chi connectivity index (χ0n) is 10.7. The number of para-hydroxylation sites is 1. The number of aryl methyl sites for hydroxylation is 1. The lowest BCUT2D eigenvalue weighted by Crippen LogP contribution is -2.22. The molecule has 96 valence electrons. The third kappa shape index (κ3) is 2.22. The first-order valence-corrected chi connectivity index (χ1v) is 7.01. The second-order valence-electron chi connectivity index (χ2n) is 5.34. The molecular weight excluding hydrogens is 224 g/mol. The number of carbonyl (C=O) groups excluding carboxylic acids is 1. The molecule has 0 aromatic heterocycles. The lowest BCUT2D eigenvalue weighted by atomic mass is 10.0. The van der Waals surface area contributed by atoms with Crippen molar-refractivity contribution in [1.29, 1.82) is 0 Å². The number of hydrogen-bond donors (Lipinski definition) is 2. The molecule has 0 spiro atoms. The Bertz CT molecular complexity index is 450. The summed E-state index contributed by atoms with van der Waals surface area (Å²) in [6, 6.07) is 6.19. The summed E-state index contributed by atoms with van der Waals surface area (Å²) in [5, 5.41) is 6.52. The van der Waals surface area contributed by atoms with Crippen LogP contribution in [0.15, 0.2) is 18.2 Å². The summed E-state index contributed by atoms with van der Waals surface area (Å²) >= 11 is 0. The van der Waals surface area contributed by atoms with Crippen molar-refractivity contribution in [2.75, 3.05) is 17.2 Å². The second kappa shape index (κ2) is 5.01. The molecule has 3 heteroatoms. The summed E-state index contributed by atoms with van der Waals surface area (Å²) in [4.78, 5) is 12.2. The lowest BCUT2D eigenvalue weighted by molar-refractivity contribution is -0.119. The van der Waals surface area contributed by atoms with E-state index in [1.54, 1.807) is 0 Å². The molecule has 18 heavy (non-hydrogen) atoms. The third-order valence-corrected chi connectivity index (χ3v) is 4.06. The Kier molecular flexibility index (Phi) is 3.22. The highest BCUT2D eigenvalue weighted by Crippen LogP contribution is 2.32. The first-order chi connectivity index (χ1) is 8.84. The van der Waals surface area contributed by atoms with Crippen LogP contribution in [0.2, 0.25) is 0 Å². The highest BCUT2D eigenvalue weighted by atomic mass is 16.1. The number of fused-ring (bicyclic) bond motifs is 1. The van der Waals surface area contributed by atoms with Gasteiger partial charge < -0.3 is 10.6 Å². The summed E-state index contributed by atoms with van der Waals surface area (Å²) < 4.78 is 0. The topological polar surface area (TPSA) is 41.1 Å². The van der Waals surface area contributed by atoms with E-state index in [1.807, 2.05) is 12.1 Å². The van der Waals surface area contributed by atoms with Gasteiger partial charge in [0.15, 0.2) is 0 Å². The third-order valence-electron chi connectivity index (χ3n) is 4.06. The van der Waals surface area contributed by atoms with Crippen molar-refractivity contribution < 1.29 is 4.79 Å². The van der Waals surface area contributed by atoms with Crippen molar-refractivity contribution in [2.45, 2.75) is 38.5 Å². The number of nitrogens with one attached hydrogen (secondary N) is 2. The number of amides is 1. The summed E-state index contributed by atoms with van der Waals surface area (Å²) in [6.45, 7) is 1.00. The van der Waals surface area contributed by atoms with Crippen LogP contribution in [-0.2, 0) is 11.2 Å². The molecule has 3 rings (SSSR count). The fourth-order valence-electron chi connectivity index (χ4n) is 3.04. The zero-order chi connectivity index (χ0) is 12.4. The maximum absolute atomic E-state index is 12.2. The van der Waals surface area contributed by atoms with E-state index in [0.29, 0.717) is 0 Å². The largest absolute Gasteiger partial charge is 0.383 e. The second-order valence-corrected chi connectivity index (χ2v) is 5.34. The van der Waals surface area contributed by atoms with Crippen LogP contribution in [0.3, 0.4) is 0 Å². The molecule has 1 aliphatic carbocycles. The van der Waals surface area contributed by atoms with Crippen molar-refractivity contribution >= 4 is 17.3 Å². The minimum Gasteiger partial charge on any atom is -0.383 e. The summed E-state index contributed by atoms with van der Waals surface area (Å²) in [5.74, 6) is 0.428. The highest BCUT2D eigenvalue weighted by Gasteiger charge is 2.23. The lowest BCUT2D eigenvalue weighted by Gasteiger charge is -2.22. The van der Waals surface area contributed by atoms with Crippen molar-refractivity contribution in [3.05, 3.63) is 23.8 Å². The molecule has 2 N–H and O–H groups in total. The molecule has 1 amide bonds. The Balaban J connectivity index is 1.77. The standard InChI is InChI=1S/C15H20N2O/c18-15(12-5-1-2-6-12)17-13-9-3-7-11-8-4-10-16-14(11)13/h3,7,9,12,16H,1-2,4-6,8,10H2,(H,17,18). The quantitative estimate of drug-likeness (QED) is 0.839. The van der Waals surface area contributed by atoms with Gasteiger partial charge in [-0.3, -0.25) is 4.79 Å². The minimum absolute atomic E-state index is 0.202. The molecule has 0 unspecified atom stereocenters. The Morgan fingerprint density at radius 2 is 2.06 bits per heavy atom. The number of rotatable bonds is 2. The zero-order valence-corrected chi connectivity index (χ0v) is 10.7. The Labute approximate surface area is 108 Å². The van der Waals surface area contributed by atoms with E-state index < -0.39 is 0 Å². The number of carbonyl (C=O) groups is 1. The van der Waals surface area contributed by atoms with E-state index in [1.165, 1.54) is 24.8 Å². The van der Waals surface area contributed by atoms with E-state index >= 15 is 0 Å². The van der Waals surface area contributed by atoms with Crippen LogP contribution in [0.1, 0.15) is 37.7 Å². The molecule has 1 aromatic carbocycles. The van der Waals surface area contributed by atoms with Crippen LogP contribution >= 0.6 is 0 Å². The predicted molar refractivity (Wildman–Crippen MR) is 73.8 cm³/mol. The van der Waals surface area contributed by atoms with Crippen LogP contribution < -0.4 is 10.6 Å². The molecule has 1 heterocycles. The molecule has 0 atom stereocenters. The van der Waals surface area contributed by atoms with Gasteiger partial charge in [-0.25, -0.2) is 0 Å². The van der Waals surface area contributed by atoms with Gasteiger partial charge in [-0.1, -0.05) is 25.0 Å². The molecule has 1 aromatic rings. The van der Waals surface area contributed by atoms with Gasteiger partial charge in [0, 0.05) is 12.5 Å². The molecule has 1 saturated carbocycles. The van der Waals surface area contributed by atoms with Crippen molar-refractivity contribution in [1.82, 2.24) is 0 Å². The summed E-state index contributed by atoms with van der Waals surface area (Å²) in [6.07, 6.45) is 6.78. The van der Waals surface area contributed by atoms with Gasteiger partial charge in [-0.15, -0.1) is 0 Å². The average Bonchev–Trinajstić information content (AvgIpc) is 2.93. The molecule has 0 bridgehead atoms. The average molecular weight is 244 g/mol. The fraction of sp³-hybridized carbons (Fsp3) is 0.533. The van der Waals surface area contributed by atoms with Gasteiger partial charge in [0.1, 0.15) is 0 Å². The van der Waals surface area contributed by atoms with Crippen LogP contribution in [0.25, 0.3) is 0 Å². The monoisotopic (exact) mass is 244 g/mol. The first kappa shape index (κ1) is 11.6. The molecule has 3 nitrogen and oxygen atoms in total. The first-order valence-electron chi connectivity index (χ1n) is 7.01. The molecule has 2 aliphatic rings. The van der Waals surface area contributed by atoms with Crippen LogP contribution in [0.4, 0.5) is 11.4 Å². The SMILES string of the molecule is O=C(Nc1cccc2c1NCCC2)C1CCCC1. The fourth-order valence-corrected chi connectivity index (χ4v) is 3.04. The van der Waals surface area contributed by atoms with Gasteiger partial charge in [0.05, 0.1) is 11.4 Å². The van der Waals surface area contributed by atoms with Crippen molar-refractivity contribution in [3.63, 3.8) is 0 Å². The number of anilines is 2. The minimum atomic E-state index is 0.202. The van der Waals surface area contributed by atoms with Gasteiger partial charge in [-0.05, 0) is 37.3 Å². The predicted octanol–water partition coefficient (Wildman–Crippen LogP) is 3.17. The van der Waals surface area contributed by atoms with E-state index in [2.05, 4.69) is 16.7 Å². The van der Waals surface area contributed by atoms with Gasteiger partial charge in [0.2, 0.25) is 5.91 Å². The van der Waals surface area contributed by atoms with E-state index in [0.717, 1.165) is 37.2 Å². The van der Waals surface area contributed by atoms with Crippen LogP contribution in [-0.4, -0.2) is 12.5 Å². The Morgan fingerprint density at radius 1 is 1.22 bits per heavy atom. The maximum Gasteiger partial charge on any atom is 0.227 e. The normalized spacial score (nSPS) is 19.1. The molecule has 1 aliphatic heterocycles. The Hall–Kier alpha value is -1.51. The van der Waals surface area contributed by atoms with E-state index in [9.17, 15) is 4.79 Å². The Morgan fingerprint density at radius 3 is 2.89 bits per heavy atom. The number of benzene rings is 1.